The maximum Gasteiger partial charge on any atom is 0.416 e. The van der Waals surface area contributed by atoms with Crippen molar-refractivity contribution in [1.82, 2.24) is 14.9 Å². The molecule has 0 N–H and O–H groups in total. The fraction of sp³-hybridized carbons (Fsp3) is 0.412. The Morgan fingerprint density at radius 1 is 1.13 bits per heavy atom. The van der Waals surface area contributed by atoms with Crippen LogP contribution in [0.5, 0.6) is 0 Å². The first-order chi connectivity index (χ1) is 10.9. The van der Waals surface area contributed by atoms with Crippen LogP contribution in [-0.2, 0) is 12.6 Å². The number of hydrogen-bond donors (Lipinski definition) is 0. The van der Waals surface area contributed by atoms with E-state index in [4.69, 9.17) is 0 Å². The molecule has 1 atom stereocenters. The summed E-state index contributed by atoms with van der Waals surface area (Å²) in [6.07, 6.45) is 1.56. The van der Waals surface area contributed by atoms with E-state index < -0.39 is 11.7 Å². The number of likely N-dealkylation sites (N-methyl/N-ethyl adjacent to an activating group) is 1. The minimum absolute atomic E-state index is 0.157. The number of rotatable bonds is 6. The summed E-state index contributed by atoms with van der Waals surface area (Å²) < 4.78 is 37.7. The molecule has 0 bridgehead atoms. The van der Waals surface area contributed by atoms with Gasteiger partial charge in [0.25, 0.3) is 0 Å². The third-order valence-electron chi connectivity index (χ3n) is 3.76. The largest absolute Gasteiger partial charge is 0.416 e. The molecule has 0 amide bonds. The summed E-state index contributed by atoms with van der Waals surface area (Å²) in [4.78, 5) is 10.4. The standard InChI is InChI=1S/C17H20F3N3/c1-13(14-3-5-15(6-4-14)17(18,19)20)12-23(2)10-7-16-11-21-8-9-22-16/h3-6,8-9,11,13H,7,10,12H2,1-2H3/t13-/m0/s1. The number of aromatic nitrogens is 2. The summed E-state index contributed by atoms with van der Waals surface area (Å²) in [7, 11) is 2.00. The number of halogens is 3. The minimum atomic E-state index is -4.28. The molecule has 2 rings (SSSR count). The normalized spacial score (nSPS) is 13.3. The molecule has 6 heteroatoms. The Labute approximate surface area is 134 Å². The fourth-order valence-corrected chi connectivity index (χ4v) is 2.43. The highest BCUT2D eigenvalue weighted by atomic mass is 19.4. The molecule has 0 fully saturated rings. The second-order valence-corrected chi connectivity index (χ2v) is 5.73. The van der Waals surface area contributed by atoms with E-state index in [-0.39, 0.29) is 5.92 Å². The van der Waals surface area contributed by atoms with E-state index in [2.05, 4.69) is 14.9 Å². The summed E-state index contributed by atoms with van der Waals surface area (Å²) in [5, 5.41) is 0. The van der Waals surface area contributed by atoms with Gasteiger partial charge >= 0.3 is 6.18 Å². The highest BCUT2D eigenvalue weighted by molar-refractivity contribution is 5.27. The van der Waals surface area contributed by atoms with Gasteiger partial charge in [-0.3, -0.25) is 9.97 Å². The van der Waals surface area contributed by atoms with E-state index in [0.29, 0.717) is 0 Å². The Balaban J connectivity index is 1.87. The third kappa shape index (κ3) is 5.32. The van der Waals surface area contributed by atoms with Gasteiger partial charge in [0.1, 0.15) is 0 Å². The number of nitrogens with zero attached hydrogens (tertiary/aromatic N) is 3. The summed E-state index contributed by atoms with van der Waals surface area (Å²) in [5.74, 6) is 0.157. The summed E-state index contributed by atoms with van der Waals surface area (Å²) >= 11 is 0. The van der Waals surface area contributed by atoms with Crippen molar-refractivity contribution >= 4 is 0 Å². The predicted octanol–water partition coefficient (Wildman–Crippen LogP) is 3.77. The molecule has 0 saturated heterocycles. The molecule has 0 radical (unpaired) electrons. The van der Waals surface area contributed by atoms with E-state index in [9.17, 15) is 13.2 Å². The van der Waals surface area contributed by atoms with Gasteiger partial charge in [0.2, 0.25) is 0 Å². The molecule has 124 valence electrons. The molecule has 0 unspecified atom stereocenters. The molecule has 0 aliphatic heterocycles. The lowest BCUT2D eigenvalue weighted by Crippen LogP contribution is -2.26. The van der Waals surface area contributed by atoms with Gasteiger partial charge in [0.15, 0.2) is 0 Å². The zero-order chi connectivity index (χ0) is 16.9. The van der Waals surface area contributed by atoms with Crippen molar-refractivity contribution < 1.29 is 13.2 Å². The first kappa shape index (κ1) is 17.4. The Morgan fingerprint density at radius 3 is 2.39 bits per heavy atom. The van der Waals surface area contributed by atoms with Gasteiger partial charge < -0.3 is 4.90 Å². The van der Waals surface area contributed by atoms with E-state index in [1.54, 1.807) is 30.7 Å². The van der Waals surface area contributed by atoms with Crippen molar-refractivity contribution in [2.75, 3.05) is 20.1 Å². The van der Waals surface area contributed by atoms with Gasteiger partial charge in [0, 0.05) is 38.1 Å². The Hall–Kier alpha value is -1.95. The Kier molecular flexibility index (Phi) is 5.71. The lowest BCUT2D eigenvalue weighted by atomic mass is 9.99. The molecular formula is C17H20F3N3. The molecule has 0 aliphatic rings. The lowest BCUT2D eigenvalue weighted by molar-refractivity contribution is -0.137. The first-order valence-corrected chi connectivity index (χ1v) is 7.47. The maximum absolute atomic E-state index is 12.6. The van der Waals surface area contributed by atoms with Crippen LogP contribution in [0.2, 0.25) is 0 Å². The van der Waals surface area contributed by atoms with Crippen molar-refractivity contribution in [3.8, 4) is 0 Å². The van der Waals surface area contributed by atoms with Crippen molar-refractivity contribution in [3.63, 3.8) is 0 Å². The highest BCUT2D eigenvalue weighted by Crippen LogP contribution is 2.30. The quantitative estimate of drug-likeness (QED) is 0.810. The van der Waals surface area contributed by atoms with Crippen LogP contribution in [0.4, 0.5) is 13.2 Å². The van der Waals surface area contributed by atoms with Crippen LogP contribution in [0.1, 0.15) is 29.7 Å². The highest BCUT2D eigenvalue weighted by Gasteiger charge is 2.30. The SMILES string of the molecule is C[C@@H](CN(C)CCc1cnccn1)c1ccc(C(F)(F)F)cc1. The van der Waals surface area contributed by atoms with Crippen LogP contribution >= 0.6 is 0 Å². The van der Waals surface area contributed by atoms with Crippen LogP contribution in [0, 0.1) is 0 Å². The molecule has 0 spiro atoms. The molecule has 1 heterocycles. The third-order valence-corrected chi connectivity index (χ3v) is 3.76. The van der Waals surface area contributed by atoms with Gasteiger partial charge in [-0.1, -0.05) is 19.1 Å². The monoisotopic (exact) mass is 323 g/mol. The average Bonchev–Trinajstić information content (AvgIpc) is 2.53. The molecule has 1 aromatic carbocycles. The van der Waals surface area contributed by atoms with E-state index in [1.807, 2.05) is 14.0 Å². The average molecular weight is 323 g/mol. The summed E-state index contributed by atoms with van der Waals surface area (Å²) in [6.45, 7) is 3.61. The van der Waals surface area contributed by atoms with Gasteiger partial charge in [-0.2, -0.15) is 13.2 Å². The Morgan fingerprint density at radius 2 is 1.83 bits per heavy atom. The van der Waals surface area contributed by atoms with Gasteiger partial charge in [-0.15, -0.1) is 0 Å². The van der Waals surface area contributed by atoms with Crippen molar-refractivity contribution in [2.45, 2.75) is 25.4 Å². The van der Waals surface area contributed by atoms with Crippen molar-refractivity contribution in [3.05, 3.63) is 59.7 Å². The van der Waals surface area contributed by atoms with Crippen molar-refractivity contribution in [1.29, 1.82) is 0 Å². The van der Waals surface area contributed by atoms with Gasteiger partial charge in [0.05, 0.1) is 11.3 Å². The molecule has 0 aliphatic carbocycles. The number of benzene rings is 1. The summed E-state index contributed by atoms with van der Waals surface area (Å²) in [5.41, 5.74) is 1.23. The van der Waals surface area contributed by atoms with Crippen LogP contribution in [0.25, 0.3) is 0 Å². The van der Waals surface area contributed by atoms with Crippen LogP contribution in [0.3, 0.4) is 0 Å². The molecule has 3 nitrogen and oxygen atoms in total. The first-order valence-electron chi connectivity index (χ1n) is 7.47. The zero-order valence-electron chi connectivity index (χ0n) is 13.2. The van der Waals surface area contributed by atoms with E-state index in [1.165, 1.54) is 0 Å². The Bertz CT molecular complexity index is 597. The smallest absolute Gasteiger partial charge is 0.305 e. The van der Waals surface area contributed by atoms with E-state index >= 15 is 0 Å². The summed E-state index contributed by atoms with van der Waals surface area (Å²) in [6, 6.07) is 5.41. The van der Waals surface area contributed by atoms with E-state index in [0.717, 1.165) is 42.9 Å². The molecule has 1 aromatic heterocycles. The molecular weight excluding hydrogens is 303 g/mol. The minimum Gasteiger partial charge on any atom is -0.305 e. The van der Waals surface area contributed by atoms with Crippen LogP contribution < -0.4 is 0 Å². The van der Waals surface area contributed by atoms with Crippen LogP contribution in [-0.4, -0.2) is 35.0 Å². The fourth-order valence-electron chi connectivity index (χ4n) is 2.43. The molecule has 2 aromatic rings. The number of hydrogen-bond acceptors (Lipinski definition) is 3. The number of alkyl halides is 3. The lowest BCUT2D eigenvalue weighted by Gasteiger charge is -2.21. The van der Waals surface area contributed by atoms with Crippen LogP contribution in [0.15, 0.2) is 42.9 Å². The topological polar surface area (TPSA) is 29.0 Å². The van der Waals surface area contributed by atoms with Gasteiger partial charge in [-0.25, -0.2) is 0 Å². The predicted molar refractivity (Wildman–Crippen MR) is 83.1 cm³/mol. The molecule has 0 saturated carbocycles. The zero-order valence-corrected chi connectivity index (χ0v) is 13.2. The van der Waals surface area contributed by atoms with Gasteiger partial charge in [-0.05, 0) is 30.7 Å². The molecule has 23 heavy (non-hydrogen) atoms. The maximum atomic E-state index is 12.6. The second-order valence-electron chi connectivity index (χ2n) is 5.73. The van der Waals surface area contributed by atoms with Crippen molar-refractivity contribution in [2.24, 2.45) is 0 Å². The second kappa shape index (κ2) is 7.55.